The van der Waals surface area contributed by atoms with E-state index in [9.17, 15) is 26.4 Å². The van der Waals surface area contributed by atoms with E-state index in [1.807, 2.05) is 0 Å². The second kappa shape index (κ2) is 10.7. The lowest BCUT2D eigenvalue weighted by Crippen LogP contribution is -2.38. The average Bonchev–Trinajstić information content (AvgIpc) is 3.19. The van der Waals surface area contributed by atoms with Crippen LogP contribution in [0, 0.1) is 0 Å². The zero-order valence-electron chi connectivity index (χ0n) is 19.6. The molecule has 0 aliphatic heterocycles. The Hall–Kier alpha value is -2.38. The topological polar surface area (TPSA) is 123 Å². The van der Waals surface area contributed by atoms with Gasteiger partial charge in [-0.2, -0.15) is 13.2 Å². The minimum absolute atomic E-state index is 0.0681. The van der Waals surface area contributed by atoms with Gasteiger partial charge in [0.1, 0.15) is 0 Å². The summed E-state index contributed by atoms with van der Waals surface area (Å²) in [5, 5.41) is 3.08. The number of sulfonamides is 1. The standard InChI is InChI=1S/C22H29F3N4O4S2/c1-4-27-35(31,32)17-11-14(26)7-10-16(17)18-19(22(23,24)25)29-20(34-18)13-5-8-15(9-6-13)28-21(30)33-12(2)3/h7,10-13,15,27H,4-6,8-9,26H2,1-3H3,(H,28,30)/t13-,15-. The molecule has 0 unspecified atom stereocenters. The molecule has 0 bridgehead atoms. The first-order chi connectivity index (χ1) is 16.3. The van der Waals surface area contributed by atoms with Gasteiger partial charge in [0, 0.05) is 29.8 Å². The van der Waals surface area contributed by atoms with Crippen molar-refractivity contribution in [1.82, 2.24) is 15.0 Å². The van der Waals surface area contributed by atoms with E-state index < -0.39 is 28.0 Å². The van der Waals surface area contributed by atoms with Crippen molar-refractivity contribution in [1.29, 1.82) is 0 Å². The van der Waals surface area contributed by atoms with Crippen molar-refractivity contribution in [3.63, 3.8) is 0 Å². The third kappa shape index (κ3) is 6.64. The Balaban J connectivity index is 1.92. The maximum atomic E-state index is 14.0. The SMILES string of the molecule is CCNS(=O)(=O)c1cc(N)ccc1-c1sc([C@H]2CC[C@H](NC(=O)OC(C)C)CC2)nc1C(F)(F)F. The Labute approximate surface area is 206 Å². The van der Waals surface area contributed by atoms with Crippen LogP contribution in [-0.2, 0) is 20.9 Å². The highest BCUT2D eigenvalue weighted by molar-refractivity contribution is 7.89. The molecule has 1 amide bonds. The molecule has 0 saturated heterocycles. The number of alkyl carbamates (subject to hydrolysis) is 1. The maximum absolute atomic E-state index is 14.0. The molecule has 194 valence electrons. The van der Waals surface area contributed by atoms with Gasteiger partial charge in [0.05, 0.1) is 20.9 Å². The van der Waals surface area contributed by atoms with Gasteiger partial charge < -0.3 is 15.8 Å². The van der Waals surface area contributed by atoms with Crippen molar-refractivity contribution in [2.45, 2.75) is 75.6 Å². The van der Waals surface area contributed by atoms with Crippen molar-refractivity contribution < 1.29 is 31.1 Å². The number of hydrogen-bond donors (Lipinski definition) is 3. The first kappa shape index (κ1) is 27.2. The second-order valence-electron chi connectivity index (χ2n) is 8.63. The average molecular weight is 535 g/mol. The van der Waals surface area contributed by atoms with Gasteiger partial charge >= 0.3 is 12.3 Å². The van der Waals surface area contributed by atoms with E-state index in [4.69, 9.17) is 10.5 Å². The van der Waals surface area contributed by atoms with Crippen LogP contribution in [0.2, 0.25) is 0 Å². The number of nitrogens with one attached hydrogen (secondary N) is 2. The van der Waals surface area contributed by atoms with Crippen LogP contribution in [0.15, 0.2) is 23.1 Å². The van der Waals surface area contributed by atoms with Crippen molar-refractivity contribution in [2.75, 3.05) is 12.3 Å². The summed E-state index contributed by atoms with van der Waals surface area (Å²) in [6.45, 7) is 5.12. The lowest BCUT2D eigenvalue weighted by molar-refractivity contribution is -0.140. The lowest BCUT2D eigenvalue weighted by Gasteiger charge is -2.28. The fraction of sp³-hybridized carbons (Fsp3) is 0.545. The summed E-state index contributed by atoms with van der Waals surface area (Å²) < 4.78 is 74.8. The highest BCUT2D eigenvalue weighted by Gasteiger charge is 2.40. The van der Waals surface area contributed by atoms with Gasteiger partial charge in [-0.3, -0.25) is 0 Å². The Kier molecular flexibility index (Phi) is 8.32. The van der Waals surface area contributed by atoms with Crippen molar-refractivity contribution in [3.8, 4) is 10.4 Å². The van der Waals surface area contributed by atoms with Crippen LogP contribution in [0.1, 0.15) is 63.1 Å². The quantitative estimate of drug-likeness (QED) is 0.436. The molecular formula is C22H29F3N4O4S2. The molecular weight excluding hydrogens is 505 g/mol. The van der Waals surface area contributed by atoms with Gasteiger partial charge in [-0.25, -0.2) is 22.9 Å². The smallest absolute Gasteiger partial charge is 0.434 e. The number of carbonyl (C=O) groups is 1. The molecule has 1 aliphatic rings. The van der Waals surface area contributed by atoms with Crippen LogP contribution in [0.5, 0.6) is 0 Å². The third-order valence-corrected chi connectivity index (χ3v) is 8.36. The predicted octanol–water partition coefficient (Wildman–Crippen LogP) is 4.87. The molecule has 0 radical (unpaired) electrons. The molecule has 1 saturated carbocycles. The second-order valence-corrected chi connectivity index (χ2v) is 11.4. The van der Waals surface area contributed by atoms with Crippen LogP contribution in [0.25, 0.3) is 10.4 Å². The number of anilines is 1. The number of ether oxygens (including phenoxy) is 1. The normalized spacial score (nSPS) is 19.1. The van der Waals surface area contributed by atoms with E-state index in [1.165, 1.54) is 12.1 Å². The highest BCUT2D eigenvalue weighted by atomic mass is 32.2. The number of thiazole rings is 1. The third-order valence-electron chi connectivity index (χ3n) is 5.53. The number of amides is 1. The number of benzene rings is 1. The summed E-state index contributed by atoms with van der Waals surface area (Å²) in [4.78, 5) is 15.2. The summed E-state index contributed by atoms with van der Waals surface area (Å²) in [6.07, 6.45) is -3.36. The summed E-state index contributed by atoms with van der Waals surface area (Å²) in [7, 11) is -4.09. The van der Waals surface area contributed by atoms with E-state index in [1.54, 1.807) is 20.8 Å². The summed E-state index contributed by atoms with van der Waals surface area (Å²) in [5.74, 6) is -0.239. The van der Waals surface area contributed by atoms with Gasteiger partial charge in [0.2, 0.25) is 10.0 Å². The molecule has 3 rings (SSSR count). The minimum Gasteiger partial charge on any atom is -0.447 e. The number of nitrogen functional groups attached to an aromatic ring is 1. The van der Waals surface area contributed by atoms with Gasteiger partial charge in [-0.1, -0.05) is 13.0 Å². The molecule has 2 aromatic rings. The monoisotopic (exact) mass is 534 g/mol. The molecule has 1 aromatic heterocycles. The van der Waals surface area contributed by atoms with Crippen LogP contribution < -0.4 is 15.8 Å². The fourth-order valence-electron chi connectivity index (χ4n) is 4.00. The summed E-state index contributed by atoms with van der Waals surface area (Å²) >= 11 is 0.848. The van der Waals surface area contributed by atoms with E-state index in [-0.39, 0.29) is 45.6 Å². The zero-order chi connectivity index (χ0) is 26.0. The van der Waals surface area contributed by atoms with E-state index >= 15 is 0 Å². The number of nitrogens with two attached hydrogens (primary N) is 1. The molecule has 0 atom stereocenters. The largest absolute Gasteiger partial charge is 0.447 e. The van der Waals surface area contributed by atoms with Crippen LogP contribution in [0.3, 0.4) is 0 Å². The molecule has 1 aromatic carbocycles. The maximum Gasteiger partial charge on any atom is 0.434 e. The van der Waals surface area contributed by atoms with Crippen LogP contribution in [0.4, 0.5) is 23.7 Å². The number of alkyl halides is 3. The van der Waals surface area contributed by atoms with E-state index in [0.717, 1.165) is 17.4 Å². The molecule has 8 nitrogen and oxygen atoms in total. The summed E-state index contributed by atoms with van der Waals surface area (Å²) in [6, 6.07) is 3.67. The van der Waals surface area contributed by atoms with Gasteiger partial charge in [-0.05, 0) is 51.7 Å². The molecule has 13 heteroatoms. The zero-order valence-corrected chi connectivity index (χ0v) is 21.2. The van der Waals surface area contributed by atoms with Crippen molar-refractivity contribution in [3.05, 3.63) is 28.9 Å². The number of carbonyl (C=O) groups excluding carboxylic acids is 1. The van der Waals surface area contributed by atoms with Crippen molar-refractivity contribution in [2.24, 2.45) is 0 Å². The predicted molar refractivity (Wildman–Crippen MR) is 128 cm³/mol. The molecule has 4 N–H and O–H groups in total. The number of nitrogens with zero attached hydrogens (tertiary/aromatic N) is 1. The Morgan fingerprint density at radius 2 is 1.91 bits per heavy atom. The number of halogens is 3. The summed E-state index contributed by atoms with van der Waals surface area (Å²) in [5.41, 5.74) is 4.66. The Morgan fingerprint density at radius 3 is 2.49 bits per heavy atom. The number of rotatable bonds is 7. The van der Waals surface area contributed by atoms with E-state index in [0.29, 0.717) is 30.7 Å². The van der Waals surface area contributed by atoms with Gasteiger partial charge in [-0.15, -0.1) is 11.3 Å². The molecule has 1 heterocycles. The van der Waals surface area contributed by atoms with Gasteiger partial charge in [0.15, 0.2) is 5.69 Å². The van der Waals surface area contributed by atoms with Gasteiger partial charge in [0.25, 0.3) is 0 Å². The molecule has 0 spiro atoms. The molecule has 1 fully saturated rings. The fourth-order valence-corrected chi connectivity index (χ4v) is 6.65. The number of aromatic nitrogens is 1. The van der Waals surface area contributed by atoms with E-state index in [2.05, 4.69) is 15.0 Å². The Bertz CT molecular complexity index is 1160. The first-order valence-corrected chi connectivity index (χ1v) is 13.6. The first-order valence-electron chi connectivity index (χ1n) is 11.3. The minimum atomic E-state index is -4.77. The van der Waals surface area contributed by atoms with Crippen LogP contribution in [-0.4, -0.2) is 38.2 Å². The lowest BCUT2D eigenvalue weighted by atomic mass is 9.86. The number of hydrogen-bond acceptors (Lipinski definition) is 7. The molecule has 1 aliphatic carbocycles. The Morgan fingerprint density at radius 1 is 1.26 bits per heavy atom. The highest BCUT2D eigenvalue weighted by Crippen LogP contribution is 2.46. The van der Waals surface area contributed by atoms with Crippen LogP contribution >= 0.6 is 11.3 Å². The van der Waals surface area contributed by atoms with Crippen molar-refractivity contribution >= 4 is 33.1 Å². The molecule has 35 heavy (non-hydrogen) atoms.